The lowest BCUT2D eigenvalue weighted by Gasteiger charge is -2.14. The molecule has 0 amide bonds. The summed E-state index contributed by atoms with van der Waals surface area (Å²) in [6.45, 7) is 1.57. The minimum absolute atomic E-state index is 0.206. The van der Waals surface area contributed by atoms with Gasteiger partial charge in [-0.3, -0.25) is 0 Å². The lowest BCUT2D eigenvalue weighted by Crippen LogP contribution is -2.04. The molecule has 0 atom stereocenters. The summed E-state index contributed by atoms with van der Waals surface area (Å²) in [4.78, 5) is 0. The fraction of sp³-hybridized carbons (Fsp3) is 0.0476. The molecular weight excluding hydrogens is 356 g/mol. The van der Waals surface area contributed by atoms with Crippen molar-refractivity contribution >= 4 is 10.8 Å². The highest BCUT2D eigenvalue weighted by Gasteiger charge is 2.24. The fourth-order valence-corrected chi connectivity index (χ4v) is 3.21. The quantitative estimate of drug-likeness (QED) is 0.416. The maximum absolute atomic E-state index is 14.6. The average Bonchev–Trinajstić information content (AvgIpc) is 2.63. The van der Waals surface area contributed by atoms with E-state index in [-0.39, 0.29) is 11.1 Å². The van der Waals surface area contributed by atoms with Crippen molar-refractivity contribution in [3.63, 3.8) is 0 Å². The Bertz CT molecular complexity index is 1170. The van der Waals surface area contributed by atoms with Crippen LogP contribution in [0.25, 0.3) is 33.0 Å². The molecule has 0 bridgehead atoms. The number of hydrogen-bond donors (Lipinski definition) is 0. The Kier molecular flexibility index (Phi) is 4.11. The number of halogens is 4. The molecule has 1 heterocycles. The molecule has 6 heteroatoms. The van der Waals surface area contributed by atoms with Crippen molar-refractivity contribution in [2.24, 2.45) is 0 Å². The summed E-state index contributed by atoms with van der Waals surface area (Å²) in [5.41, 5.74) is -0.0246. The van der Waals surface area contributed by atoms with Gasteiger partial charge in [-0.25, -0.2) is 13.2 Å². The van der Waals surface area contributed by atoms with Gasteiger partial charge in [-0.2, -0.15) is 9.49 Å². The number of aromatic nitrogens is 2. The van der Waals surface area contributed by atoms with Crippen LogP contribution in [0.5, 0.6) is 0 Å². The third-order valence-electron chi connectivity index (χ3n) is 4.40. The first-order valence-corrected chi connectivity index (χ1v) is 8.12. The molecule has 3 aromatic carbocycles. The van der Waals surface area contributed by atoms with E-state index in [9.17, 15) is 17.6 Å². The molecule has 0 saturated carbocycles. The van der Waals surface area contributed by atoms with Gasteiger partial charge in [0.05, 0.1) is 16.8 Å². The zero-order valence-electron chi connectivity index (χ0n) is 14.1. The van der Waals surface area contributed by atoms with Crippen molar-refractivity contribution in [2.75, 3.05) is 0 Å². The normalized spacial score (nSPS) is 11.1. The number of aryl methyl sites for hydroxylation is 1. The minimum atomic E-state index is -1.21. The van der Waals surface area contributed by atoms with Crippen LogP contribution < -0.4 is 0 Å². The number of nitrogens with zero attached hydrogens (tertiary/aromatic N) is 2. The monoisotopic (exact) mass is 368 g/mol. The van der Waals surface area contributed by atoms with Crippen LogP contribution in [0, 0.1) is 30.3 Å². The summed E-state index contributed by atoms with van der Waals surface area (Å²) in [5, 5.41) is 8.95. The predicted octanol–water partition coefficient (Wildman–Crippen LogP) is 5.83. The second-order valence-corrected chi connectivity index (χ2v) is 6.13. The van der Waals surface area contributed by atoms with E-state index < -0.39 is 29.0 Å². The van der Waals surface area contributed by atoms with Gasteiger partial charge in [-0.1, -0.05) is 36.4 Å². The van der Waals surface area contributed by atoms with Crippen LogP contribution in [0.1, 0.15) is 5.69 Å². The Morgan fingerprint density at radius 2 is 1.33 bits per heavy atom. The molecule has 134 valence electrons. The molecule has 0 fully saturated rings. The molecule has 2 nitrogen and oxygen atoms in total. The van der Waals surface area contributed by atoms with Crippen LogP contribution in [-0.2, 0) is 0 Å². The molecule has 0 spiro atoms. The van der Waals surface area contributed by atoms with Crippen LogP contribution >= 0.6 is 0 Å². The molecule has 1 aromatic heterocycles. The van der Waals surface area contributed by atoms with Crippen LogP contribution in [0.15, 0.2) is 54.6 Å². The zero-order valence-corrected chi connectivity index (χ0v) is 14.1. The van der Waals surface area contributed by atoms with Crippen molar-refractivity contribution in [3.05, 3.63) is 83.7 Å². The molecule has 0 saturated heterocycles. The molecule has 0 aliphatic carbocycles. The summed E-state index contributed by atoms with van der Waals surface area (Å²) >= 11 is 0. The van der Waals surface area contributed by atoms with Gasteiger partial charge in [0.15, 0.2) is 0 Å². The number of benzene rings is 3. The van der Waals surface area contributed by atoms with Gasteiger partial charge in [-0.15, -0.1) is 5.10 Å². The third kappa shape index (κ3) is 2.93. The standard InChI is InChI=1S/C21H12F4N2/c1-11-18(14-7-6-12-4-2-3-5-13(12)8-14)20(21(25)27-26-11)19-16(23)9-15(22)10-17(19)24/h2-10H,1H3. The first kappa shape index (κ1) is 17.1. The van der Waals surface area contributed by atoms with E-state index in [1.54, 1.807) is 19.1 Å². The maximum Gasteiger partial charge on any atom is 0.241 e. The highest BCUT2D eigenvalue weighted by Crippen LogP contribution is 2.38. The molecule has 0 N–H and O–H groups in total. The van der Waals surface area contributed by atoms with Gasteiger partial charge in [0.2, 0.25) is 5.95 Å². The lowest BCUT2D eigenvalue weighted by molar-refractivity contribution is 0.537. The predicted molar refractivity (Wildman–Crippen MR) is 95.0 cm³/mol. The molecule has 0 aliphatic heterocycles. The largest absolute Gasteiger partial charge is 0.241 e. The van der Waals surface area contributed by atoms with E-state index in [1.807, 2.05) is 30.3 Å². The SMILES string of the molecule is Cc1nnc(F)c(-c2c(F)cc(F)cc2F)c1-c1ccc2ccccc2c1. The lowest BCUT2D eigenvalue weighted by atomic mass is 9.92. The summed E-state index contributed by atoms with van der Waals surface area (Å²) in [5.74, 6) is -4.63. The first-order valence-electron chi connectivity index (χ1n) is 8.12. The highest BCUT2D eigenvalue weighted by atomic mass is 19.1. The summed E-state index contributed by atoms with van der Waals surface area (Å²) < 4.78 is 56.6. The van der Waals surface area contributed by atoms with Gasteiger partial charge >= 0.3 is 0 Å². The van der Waals surface area contributed by atoms with Crippen LogP contribution in [0.4, 0.5) is 17.6 Å². The van der Waals surface area contributed by atoms with Crippen LogP contribution in [0.2, 0.25) is 0 Å². The Morgan fingerprint density at radius 1 is 0.667 bits per heavy atom. The molecule has 0 aliphatic rings. The summed E-state index contributed by atoms with van der Waals surface area (Å²) in [7, 11) is 0. The van der Waals surface area contributed by atoms with Crippen molar-refractivity contribution in [2.45, 2.75) is 6.92 Å². The van der Waals surface area contributed by atoms with Gasteiger partial charge in [0.1, 0.15) is 17.5 Å². The summed E-state index contributed by atoms with van der Waals surface area (Å²) in [6.07, 6.45) is 0. The van der Waals surface area contributed by atoms with Crippen LogP contribution in [0.3, 0.4) is 0 Å². The Morgan fingerprint density at radius 3 is 2.04 bits per heavy atom. The van der Waals surface area contributed by atoms with E-state index in [1.165, 1.54) is 0 Å². The summed E-state index contributed by atoms with van der Waals surface area (Å²) in [6, 6.07) is 13.9. The van der Waals surface area contributed by atoms with Gasteiger partial charge < -0.3 is 0 Å². The Hall–Kier alpha value is -3.28. The van der Waals surface area contributed by atoms with Gasteiger partial charge in [0.25, 0.3) is 0 Å². The van der Waals surface area contributed by atoms with Crippen molar-refractivity contribution < 1.29 is 17.6 Å². The number of fused-ring (bicyclic) bond motifs is 1. The number of hydrogen-bond acceptors (Lipinski definition) is 2. The minimum Gasteiger partial charge on any atom is -0.207 e. The Labute approximate surface area is 152 Å². The Balaban J connectivity index is 2.06. The van der Waals surface area contributed by atoms with E-state index in [0.717, 1.165) is 10.8 Å². The molecule has 0 radical (unpaired) electrons. The van der Waals surface area contributed by atoms with E-state index >= 15 is 0 Å². The fourth-order valence-electron chi connectivity index (χ4n) is 3.21. The molecule has 4 rings (SSSR count). The second kappa shape index (κ2) is 6.46. The number of rotatable bonds is 2. The molecule has 0 unspecified atom stereocenters. The van der Waals surface area contributed by atoms with Crippen molar-refractivity contribution in [1.82, 2.24) is 10.2 Å². The van der Waals surface area contributed by atoms with E-state index in [0.29, 0.717) is 23.4 Å². The molecular formula is C21H12F4N2. The average molecular weight is 368 g/mol. The molecule has 4 aromatic rings. The van der Waals surface area contributed by atoms with E-state index in [4.69, 9.17) is 0 Å². The first-order chi connectivity index (χ1) is 13.0. The third-order valence-corrected chi connectivity index (χ3v) is 4.40. The van der Waals surface area contributed by atoms with Gasteiger partial charge in [-0.05, 0) is 29.3 Å². The smallest absolute Gasteiger partial charge is 0.207 e. The van der Waals surface area contributed by atoms with Crippen molar-refractivity contribution in [3.8, 4) is 22.3 Å². The van der Waals surface area contributed by atoms with Crippen LogP contribution in [-0.4, -0.2) is 10.2 Å². The van der Waals surface area contributed by atoms with Gasteiger partial charge in [0, 0.05) is 17.7 Å². The molecule has 27 heavy (non-hydrogen) atoms. The maximum atomic E-state index is 14.6. The second-order valence-electron chi connectivity index (χ2n) is 6.13. The highest BCUT2D eigenvalue weighted by molar-refractivity contribution is 5.92. The van der Waals surface area contributed by atoms with E-state index in [2.05, 4.69) is 10.2 Å². The van der Waals surface area contributed by atoms with Crippen molar-refractivity contribution in [1.29, 1.82) is 0 Å². The topological polar surface area (TPSA) is 25.8 Å². The zero-order chi connectivity index (χ0) is 19.1.